The maximum absolute atomic E-state index is 5.70. The molecule has 0 spiro atoms. The summed E-state index contributed by atoms with van der Waals surface area (Å²) in [4.78, 5) is 2.92. The van der Waals surface area contributed by atoms with Gasteiger partial charge in [0.1, 0.15) is 10.7 Å². The highest BCUT2D eigenvalue weighted by Crippen LogP contribution is 2.26. The zero-order valence-corrected chi connectivity index (χ0v) is 12.5. The predicted octanol–water partition coefficient (Wildman–Crippen LogP) is 2.56. The zero-order valence-electron chi connectivity index (χ0n) is 11.7. The molecule has 0 saturated carbocycles. The number of benzene rings is 1. The van der Waals surface area contributed by atoms with Gasteiger partial charge >= 0.3 is 0 Å². The normalized spacial score (nSPS) is 19.6. The van der Waals surface area contributed by atoms with Crippen molar-refractivity contribution in [3.05, 3.63) is 29.3 Å². The average molecular weight is 278 g/mol. The fourth-order valence-corrected chi connectivity index (χ4v) is 2.81. The van der Waals surface area contributed by atoms with Crippen molar-refractivity contribution >= 4 is 17.2 Å². The Morgan fingerprint density at radius 1 is 1.53 bits per heavy atom. The lowest BCUT2D eigenvalue weighted by molar-refractivity contribution is 0.307. The molecule has 3 nitrogen and oxygen atoms in total. The molecule has 1 atom stereocenters. The molecule has 0 radical (unpaired) electrons. The van der Waals surface area contributed by atoms with Gasteiger partial charge in [0.05, 0.1) is 7.11 Å². The minimum absolute atomic E-state index is 0.441. The van der Waals surface area contributed by atoms with Gasteiger partial charge in [0.2, 0.25) is 0 Å². The Morgan fingerprint density at radius 3 is 2.89 bits per heavy atom. The minimum atomic E-state index is 0.441. The number of nitrogens with two attached hydrogens (primary N) is 1. The molecule has 2 N–H and O–H groups in total. The first kappa shape index (κ1) is 14.3. The molecule has 1 saturated heterocycles. The molecule has 0 amide bonds. The molecule has 4 heteroatoms. The second kappa shape index (κ2) is 6.35. The summed E-state index contributed by atoms with van der Waals surface area (Å²) in [6.45, 7) is 5.52. The van der Waals surface area contributed by atoms with Crippen LogP contribution in [0.2, 0.25) is 0 Å². The Kier molecular flexibility index (Phi) is 4.77. The van der Waals surface area contributed by atoms with Crippen molar-refractivity contribution in [2.45, 2.75) is 26.3 Å². The largest absolute Gasteiger partial charge is 0.496 e. The van der Waals surface area contributed by atoms with Gasteiger partial charge in [0.15, 0.2) is 0 Å². The predicted molar refractivity (Wildman–Crippen MR) is 82.6 cm³/mol. The SMILES string of the molecule is CCC1CCN(Cc2cc(C(N)=S)ccc2OC)C1. The number of thiocarbonyl (C=S) groups is 1. The van der Waals surface area contributed by atoms with Gasteiger partial charge in [0.25, 0.3) is 0 Å². The number of nitrogens with zero attached hydrogens (tertiary/aromatic N) is 1. The second-order valence-electron chi connectivity index (χ2n) is 5.19. The summed E-state index contributed by atoms with van der Waals surface area (Å²) < 4.78 is 5.43. The van der Waals surface area contributed by atoms with Crippen molar-refractivity contribution in [3.63, 3.8) is 0 Å². The molecule has 1 aromatic carbocycles. The van der Waals surface area contributed by atoms with Gasteiger partial charge in [-0.15, -0.1) is 0 Å². The summed E-state index contributed by atoms with van der Waals surface area (Å²) in [5.41, 5.74) is 7.79. The first-order valence-corrected chi connectivity index (χ1v) is 7.24. The van der Waals surface area contributed by atoms with Crippen molar-refractivity contribution in [2.24, 2.45) is 11.7 Å². The second-order valence-corrected chi connectivity index (χ2v) is 5.63. The van der Waals surface area contributed by atoms with Crippen LogP contribution in [0.5, 0.6) is 5.75 Å². The molecule has 19 heavy (non-hydrogen) atoms. The Labute approximate surface area is 120 Å². The van der Waals surface area contributed by atoms with Crippen LogP contribution in [0.25, 0.3) is 0 Å². The van der Waals surface area contributed by atoms with Gasteiger partial charge in [-0.05, 0) is 37.1 Å². The van der Waals surface area contributed by atoms with E-state index in [2.05, 4.69) is 17.9 Å². The molecule has 2 rings (SSSR count). The van der Waals surface area contributed by atoms with Crippen LogP contribution in [0.15, 0.2) is 18.2 Å². The van der Waals surface area contributed by atoms with E-state index in [0.29, 0.717) is 4.99 Å². The summed E-state index contributed by atoms with van der Waals surface area (Å²) in [6, 6.07) is 5.93. The highest BCUT2D eigenvalue weighted by Gasteiger charge is 2.21. The first-order valence-electron chi connectivity index (χ1n) is 6.83. The molecule has 1 aliphatic rings. The van der Waals surface area contributed by atoms with Crippen molar-refractivity contribution in [3.8, 4) is 5.75 Å². The van der Waals surface area contributed by atoms with E-state index in [1.165, 1.54) is 31.5 Å². The molecule has 1 fully saturated rings. The number of rotatable bonds is 5. The van der Waals surface area contributed by atoms with E-state index in [1.54, 1.807) is 7.11 Å². The van der Waals surface area contributed by atoms with Gasteiger partial charge in [-0.2, -0.15) is 0 Å². The van der Waals surface area contributed by atoms with Gasteiger partial charge < -0.3 is 10.5 Å². The molecule has 1 aliphatic heterocycles. The standard InChI is InChI=1S/C15H22N2OS/c1-3-11-6-7-17(9-11)10-13-8-12(15(16)19)4-5-14(13)18-2/h4-5,8,11H,3,6-7,9-10H2,1-2H3,(H2,16,19). The Hall–Kier alpha value is -1.13. The zero-order chi connectivity index (χ0) is 13.8. The minimum Gasteiger partial charge on any atom is -0.496 e. The Morgan fingerprint density at radius 2 is 2.32 bits per heavy atom. The van der Waals surface area contributed by atoms with Crippen molar-refractivity contribution in [1.29, 1.82) is 0 Å². The van der Waals surface area contributed by atoms with E-state index < -0.39 is 0 Å². The fraction of sp³-hybridized carbons (Fsp3) is 0.533. The highest BCUT2D eigenvalue weighted by atomic mass is 32.1. The van der Waals surface area contributed by atoms with E-state index in [4.69, 9.17) is 22.7 Å². The third-order valence-electron chi connectivity index (χ3n) is 3.91. The van der Waals surface area contributed by atoms with E-state index in [1.807, 2.05) is 12.1 Å². The molecule has 1 aromatic rings. The van der Waals surface area contributed by atoms with Crippen LogP contribution < -0.4 is 10.5 Å². The van der Waals surface area contributed by atoms with Crippen molar-refractivity contribution < 1.29 is 4.74 Å². The summed E-state index contributed by atoms with van der Waals surface area (Å²) in [7, 11) is 1.71. The molecular formula is C15H22N2OS. The number of hydrogen-bond donors (Lipinski definition) is 1. The fourth-order valence-electron chi connectivity index (χ4n) is 2.69. The molecule has 1 heterocycles. The highest BCUT2D eigenvalue weighted by molar-refractivity contribution is 7.80. The van der Waals surface area contributed by atoms with Gasteiger partial charge in [0, 0.05) is 24.2 Å². The van der Waals surface area contributed by atoms with Gasteiger partial charge in [-0.3, -0.25) is 4.90 Å². The first-order chi connectivity index (χ1) is 9.13. The van der Waals surface area contributed by atoms with Crippen LogP contribution in [-0.2, 0) is 6.54 Å². The summed E-state index contributed by atoms with van der Waals surface area (Å²) in [5, 5.41) is 0. The topological polar surface area (TPSA) is 38.5 Å². The Balaban J connectivity index is 2.14. The van der Waals surface area contributed by atoms with E-state index in [-0.39, 0.29) is 0 Å². The number of ether oxygens (including phenoxy) is 1. The lowest BCUT2D eigenvalue weighted by atomic mass is 10.1. The van der Waals surface area contributed by atoms with Crippen LogP contribution in [0.3, 0.4) is 0 Å². The molecule has 104 valence electrons. The smallest absolute Gasteiger partial charge is 0.123 e. The van der Waals surface area contributed by atoms with Gasteiger partial charge in [-0.25, -0.2) is 0 Å². The molecule has 0 bridgehead atoms. The quantitative estimate of drug-likeness (QED) is 0.840. The monoisotopic (exact) mass is 278 g/mol. The number of hydrogen-bond acceptors (Lipinski definition) is 3. The van der Waals surface area contributed by atoms with Crippen LogP contribution in [0.4, 0.5) is 0 Å². The maximum atomic E-state index is 5.70. The molecule has 1 unspecified atom stereocenters. The number of methoxy groups -OCH3 is 1. The van der Waals surface area contributed by atoms with E-state index in [9.17, 15) is 0 Å². The summed E-state index contributed by atoms with van der Waals surface area (Å²) in [6.07, 6.45) is 2.56. The lowest BCUT2D eigenvalue weighted by Gasteiger charge is -2.18. The number of likely N-dealkylation sites (tertiary alicyclic amines) is 1. The molecule has 0 aromatic heterocycles. The van der Waals surface area contributed by atoms with Crippen molar-refractivity contribution in [2.75, 3.05) is 20.2 Å². The maximum Gasteiger partial charge on any atom is 0.123 e. The average Bonchev–Trinajstić information content (AvgIpc) is 2.86. The van der Waals surface area contributed by atoms with E-state index in [0.717, 1.165) is 23.8 Å². The summed E-state index contributed by atoms with van der Waals surface area (Å²) >= 11 is 5.04. The summed E-state index contributed by atoms with van der Waals surface area (Å²) in [5.74, 6) is 1.75. The van der Waals surface area contributed by atoms with Crippen LogP contribution >= 0.6 is 12.2 Å². The lowest BCUT2D eigenvalue weighted by Crippen LogP contribution is -2.21. The third kappa shape index (κ3) is 3.45. The Bertz CT molecular complexity index is 461. The van der Waals surface area contributed by atoms with Gasteiger partial charge in [-0.1, -0.05) is 25.6 Å². The molecule has 0 aliphatic carbocycles. The van der Waals surface area contributed by atoms with E-state index >= 15 is 0 Å². The van der Waals surface area contributed by atoms with Crippen LogP contribution in [0.1, 0.15) is 30.9 Å². The van der Waals surface area contributed by atoms with Crippen LogP contribution in [0, 0.1) is 5.92 Å². The van der Waals surface area contributed by atoms with Crippen molar-refractivity contribution in [1.82, 2.24) is 4.90 Å². The third-order valence-corrected chi connectivity index (χ3v) is 4.14. The molecular weight excluding hydrogens is 256 g/mol. The van der Waals surface area contributed by atoms with Crippen LogP contribution in [-0.4, -0.2) is 30.1 Å².